The van der Waals surface area contributed by atoms with Crippen LogP contribution in [0.4, 0.5) is 4.39 Å². The number of benzene rings is 1. The van der Waals surface area contributed by atoms with Gasteiger partial charge in [-0.15, -0.1) is 0 Å². The standard InChI is InChI=1S/C15H18BrFO/c1-9-3-10(2)5-11(4-9)15(18)12-6-13(16)8-14(17)7-12/h6-11H,3-5H2,1-2H3. The van der Waals surface area contributed by atoms with E-state index in [2.05, 4.69) is 29.8 Å². The zero-order chi connectivity index (χ0) is 13.3. The number of rotatable bonds is 2. The van der Waals surface area contributed by atoms with Crippen molar-refractivity contribution in [2.24, 2.45) is 17.8 Å². The van der Waals surface area contributed by atoms with Crippen molar-refractivity contribution in [2.75, 3.05) is 0 Å². The highest BCUT2D eigenvalue weighted by Gasteiger charge is 2.29. The largest absolute Gasteiger partial charge is 0.294 e. The maximum absolute atomic E-state index is 13.3. The van der Waals surface area contributed by atoms with Gasteiger partial charge in [0.15, 0.2) is 5.78 Å². The molecule has 0 N–H and O–H groups in total. The van der Waals surface area contributed by atoms with Gasteiger partial charge in [0.25, 0.3) is 0 Å². The number of hydrogen-bond donors (Lipinski definition) is 0. The van der Waals surface area contributed by atoms with E-state index in [1.807, 2.05) is 0 Å². The molecule has 0 radical (unpaired) electrons. The third-order valence-corrected chi connectivity index (χ3v) is 4.15. The fraction of sp³-hybridized carbons (Fsp3) is 0.533. The average Bonchev–Trinajstić information content (AvgIpc) is 2.25. The lowest BCUT2D eigenvalue weighted by Crippen LogP contribution is -2.26. The van der Waals surface area contributed by atoms with Gasteiger partial charge in [0.05, 0.1) is 0 Å². The van der Waals surface area contributed by atoms with E-state index in [4.69, 9.17) is 0 Å². The molecule has 3 heteroatoms. The molecule has 1 aromatic carbocycles. The van der Waals surface area contributed by atoms with Crippen LogP contribution in [0.1, 0.15) is 43.5 Å². The van der Waals surface area contributed by atoms with E-state index >= 15 is 0 Å². The van der Waals surface area contributed by atoms with Crippen LogP contribution in [-0.4, -0.2) is 5.78 Å². The van der Waals surface area contributed by atoms with Gasteiger partial charge in [-0.1, -0.05) is 29.8 Å². The minimum Gasteiger partial charge on any atom is -0.294 e. The summed E-state index contributed by atoms with van der Waals surface area (Å²) in [5.41, 5.74) is 0.494. The third-order valence-electron chi connectivity index (χ3n) is 3.70. The molecule has 1 aromatic rings. The summed E-state index contributed by atoms with van der Waals surface area (Å²) in [5, 5.41) is 0. The molecule has 0 spiro atoms. The lowest BCUT2D eigenvalue weighted by Gasteiger charge is -2.30. The number of carbonyl (C=O) groups is 1. The van der Waals surface area contributed by atoms with E-state index in [1.54, 1.807) is 6.07 Å². The zero-order valence-electron chi connectivity index (χ0n) is 10.7. The molecule has 18 heavy (non-hydrogen) atoms. The van der Waals surface area contributed by atoms with Gasteiger partial charge in [-0.25, -0.2) is 4.39 Å². The van der Waals surface area contributed by atoms with E-state index in [1.165, 1.54) is 18.6 Å². The Kier molecular flexibility index (Phi) is 4.21. The highest BCUT2D eigenvalue weighted by Crippen LogP contribution is 2.35. The molecule has 1 fully saturated rings. The molecular weight excluding hydrogens is 295 g/mol. The molecule has 0 heterocycles. The summed E-state index contributed by atoms with van der Waals surface area (Å²) in [6.07, 6.45) is 3.05. The maximum atomic E-state index is 13.3. The first kappa shape index (κ1) is 13.7. The predicted octanol–water partition coefficient (Wildman–Crippen LogP) is 4.84. The maximum Gasteiger partial charge on any atom is 0.166 e. The van der Waals surface area contributed by atoms with Crippen molar-refractivity contribution in [3.8, 4) is 0 Å². The summed E-state index contributed by atoms with van der Waals surface area (Å²) in [4.78, 5) is 12.4. The van der Waals surface area contributed by atoms with E-state index in [-0.39, 0.29) is 17.5 Å². The minimum absolute atomic E-state index is 0.0532. The van der Waals surface area contributed by atoms with Crippen LogP contribution in [0.15, 0.2) is 22.7 Å². The number of hydrogen-bond acceptors (Lipinski definition) is 1. The molecule has 2 unspecified atom stereocenters. The summed E-state index contributed by atoms with van der Waals surface area (Å²) in [5.74, 6) is 0.954. The molecular formula is C15H18BrFO. The van der Waals surface area contributed by atoms with E-state index in [0.29, 0.717) is 21.9 Å². The van der Waals surface area contributed by atoms with Gasteiger partial charge in [0.1, 0.15) is 5.82 Å². The molecule has 1 nitrogen and oxygen atoms in total. The normalized spacial score (nSPS) is 28.1. The Hall–Kier alpha value is -0.700. The van der Waals surface area contributed by atoms with Crippen LogP contribution in [0.5, 0.6) is 0 Å². The Labute approximate surface area is 116 Å². The Morgan fingerprint density at radius 2 is 1.78 bits per heavy atom. The van der Waals surface area contributed by atoms with E-state index < -0.39 is 0 Å². The van der Waals surface area contributed by atoms with Crippen LogP contribution in [0.2, 0.25) is 0 Å². The Morgan fingerprint density at radius 3 is 2.33 bits per heavy atom. The van der Waals surface area contributed by atoms with Crippen LogP contribution < -0.4 is 0 Å². The monoisotopic (exact) mass is 312 g/mol. The predicted molar refractivity (Wildman–Crippen MR) is 74.1 cm³/mol. The second-order valence-electron chi connectivity index (χ2n) is 5.64. The first-order valence-electron chi connectivity index (χ1n) is 6.46. The molecule has 0 saturated heterocycles. The first-order valence-corrected chi connectivity index (χ1v) is 7.25. The van der Waals surface area contributed by atoms with E-state index in [0.717, 1.165) is 12.8 Å². The lowest BCUT2D eigenvalue weighted by molar-refractivity contribution is 0.0835. The van der Waals surface area contributed by atoms with Crippen molar-refractivity contribution in [3.63, 3.8) is 0 Å². The third kappa shape index (κ3) is 3.19. The summed E-state index contributed by atoms with van der Waals surface area (Å²) in [6.45, 7) is 4.38. The fourth-order valence-corrected chi connectivity index (χ4v) is 3.56. The molecule has 0 aromatic heterocycles. The van der Waals surface area contributed by atoms with Crippen molar-refractivity contribution in [3.05, 3.63) is 34.1 Å². The topological polar surface area (TPSA) is 17.1 Å². The molecule has 0 aliphatic heterocycles. The molecule has 0 amide bonds. The number of ketones is 1. The van der Waals surface area contributed by atoms with Crippen molar-refractivity contribution in [1.82, 2.24) is 0 Å². The fourth-order valence-electron chi connectivity index (χ4n) is 3.09. The number of halogens is 2. The quantitative estimate of drug-likeness (QED) is 0.714. The molecule has 1 saturated carbocycles. The lowest BCUT2D eigenvalue weighted by atomic mass is 9.74. The smallest absolute Gasteiger partial charge is 0.166 e. The van der Waals surface area contributed by atoms with Gasteiger partial charge in [-0.2, -0.15) is 0 Å². The highest BCUT2D eigenvalue weighted by atomic mass is 79.9. The number of carbonyl (C=O) groups excluding carboxylic acids is 1. The Morgan fingerprint density at radius 1 is 1.17 bits per heavy atom. The SMILES string of the molecule is CC1CC(C)CC(C(=O)c2cc(F)cc(Br)c2)C1. The molecule has 2 atom stereocenters. The molecule has 1 aliphatic rings. The Bertz CT molecular complexity index is 428. The van der Waals surface area contributed by atoms with Gasteiger partial charge < -0.3 is 0 Å². The summed E-state index contributed by atoms with van der Waals surface area (Å²) < 4.78 is 14.0. The van der Waals surface area contributed by atoms with Crippen molar-refractivity contribution >= 4 is 21.7 Å². The molecule has 2 rings (SSSR count). The zero-order valence-corrected chi connectivity index (χ0v) is 12.3. The second kappa shape index (κ2) is 5.52. The van der Waals surface area contributed by atoms with Crippen LogP contribution in [-0.2, 0) is 0 Å². The molecule has 98 valence electrons. The van der Waals surface area contributed by atoms with Gasteiger partial charge in [0.2, 0.25) is 0 Å². The van der Waals surface area contributed by atoms with Crippen LogP contribution in [0.25, 0.3) is 0 Å². The van der Waals surface area contributed by atoms with Crippen LogP contribution in [0, 0.1) is 23.6 Å². The van der Waals surface area contributed by atoms with Gasteiger partial charge in [-0.3, -0.25) is 4.79 Å². The Balaban J connectivity index is 2.20. The van der Waals surface area contributed by atoms with Crippen molar-refractivity contribution in [2.45, 2.75) is 33.1 Å². The molecule has 1 aliphatic carbocycles. The van der Waals surface area contributed by atoms with Gasteiger partial charge in [-0.05, 0) is 49.3 Å². The van der Waals surface area contributed by atoms with Crippen molar-refractivity contribution in [1.29, 1.82) is 0 Å². The summed E-state index contributed by atoms with van der Waals surface area (Å²) >= 11 is 3.24. The second-order valence-corrected chi connectivity index (χ2v) is 6.55. The first-order chi connectivity index (χ1) is 8.45. The minimum atomic E-state index is -0.357. The van der Waals surface area contributed by atoms with Crippen LogP contribution >= 0.6 is 15.9 Å². The summed E-state index contributed by atoms with van der Waals surface area (Å²) in [7, 11) is 0. The van der Waals surface area contributed by atoms with Gasteiger partial charge >= 0.3 is 0 Å². The average molecular weight is 313 g/mol. The molecule has 0 bridgehead atoms. The summed E-state index contributed by atoms with van der Waals surface area (Å²) in [6, 6.07) is 4.44. The van der Waals surface area contributed by atoms with Crippen LogP contribution in [0.3, 0.4) is 0 Å². The highest BCUT2D eigenvalue weighted by molar-refractivity contribution is 9.10. The van der Waals surface area contributed by atoms with Gasteiger partial charge in [0, 0.05) is 16.0 Å². The van der Waals surface area contributed by atoms with E-state index in [9.17, 15) is 9.18 Å². The number of Topliss-reactive ketones (excluding diaryl/α,β-unsaturated/α-hetero) is 1. The van der Waals surface area contributed by atoms with Crippen molar-refractivity contribution < 1.29 is 9.18 Å².